The van der Waals surface area contributed by atoms with Gasteiger partial charge in [0.2, 0.25) is 5.91 Å². The molecule has 1 aromatic rings. The van der Waals surface area contributed by atoms with Crippen molar-refractivity contribution < 1.29 is 9.18 Å². The average molecular weight is 287 g/mol. The molecule has 0 aromatic heterocycles. The molecule has 19 heavy (non-hydrogen) atoms. The minimum atomic E-state index is -0.289. The number of halogens is 2. The smallest absolute Gasteiger partial charge is 0.224 e. The van der Waals surface area contributed by atoms with Gasteiger partial charge in [0.15, 0.2) is 0 Å². The standard InChI is InChI=1S/C14H19FN2O.ClH/c15-12-2-4-13(5-3-12)17-14(18)6-1-11-7-9-16-10-8-11;/h2-5,11,16H,1,6-10H2,(H,17,18);1H. The normalized spacial score (nSPS) is 15.6. The molecule has 1 fully saturated rings. The molecule has 2 rings (SSSR count). The van der Waals surface area contributed by atoms with Crippen molar-refractivity contribution in [3.63, 3.8) is 0 Å². The number of amides is 1. The number of rotatable bonds is 4. The first-order valence-corrected chi connectivity index (χ1v) is 6.50. The van der Waals surface area contributed by atoms with Crippen LogP contribution in [-0.2, 0) is 4.79 Å². The van der Waals surface area contributed by atoms with Crippen LogP contribution in [-0.4, -0.2) is 19.0 Å². The summed E-state index contributed by atoms with van der Waals surface area (Å²) in [6.45, 7) is 2.12. The number of carbonyl (C=O) groups is 1. The number of carbonyl (C=O) groups excluding carboxylic acids is 1. The highest BCUT2D eigenvalue weighted by atomic mass is 35.5. The number of hydrogen-bond acceptors (Lipinski definition) is 2. The molecule has 0 atom stereocenters. The molecular weight excluding hydrogens is 267 g/mol. The highest BCUT2D eigenvalue weighted by Gasteiger charge is 2.14. The lowest BCUT2D eigenvalue weighted by atomic mass is 9.93. The Hall–Kier alpha value is -1.13. The molecule has 1 heterocycles. The van der Waals surface area contributed by atoms with Gasteiger partial charge in [0.05, 0.1) is 0 Å². The molecule has 1 aliphatic rings. The Bertz CT molecular complexity index is 391. The monoisotopic (exact) mass is 286 g/mol. The molecule has 1 aliphatic heterocycles. The number of piperidine rings is 1. The summed E-state index contributed by atoms with van der Waals surface area (Å²) in [5.74, 6) is 0.382. The molecule has 0 spiro atoms. The fourth-order valence-corrected chi connectivity index (χ4v) is 2.26. The van der Waals surface area contributed by atoms with E-state index in [1.54, 1.807) is 12.1 Å². The molecule has 2 N–H and O–H groups in total. The summed E-state index contributed by atoms with van der Waals surface area (Å²) >= 11 is 0. The van der Waals surface area contributed by atoms with Crippen LogP contribution in [0.3, 0.4) is 0 Å². The van der Waals surface area contributed by atoms with Crippen molar-refractivity contribution in [2.24, 2.45) is 5.92 Å². The van der Waals surface area contributed by atoms with E-state index < -0.39 is 0 Å². The van der Waals surface area contributed by atoms with Crippen molar-refractivity contribution in [1.82, 2.24) is 5.32 Å². The van der Waals surface area contributed by atoms with Crippen molar-refractivity contribution in [3.05, 3.63) is 30.1 Å². The first kappa shape index (κ1) is 15.9. The van der Waals surface area contributed by atoms with Crippen LogP contribution in [0.4, 0.5) is 10.1 Å². The molecule has 5 heteroatoms. The van der Waals surface area contributed by atoms with Crippen LogP contribution < -0.4 is 10.6 Å². The molecule has 1 aromatic carbocycles. The first-order chi connectivity index (χ1) is 8.74. The van der Waals surface area contributed by atoms with Gasteiger partial charge in [-0.2, -0.15) is 0 Å². The van der Waals surface area contributed by atoms with Gasteiger partial charge in [0, 0.05) is 12.1 Å². The second-order valence-corrected chi connectivity index (χ2v) is 4.79. The molecule has 0 saturated carbocycles. The summed E-state index contributed by atoms with van der Waals surface area (Å²) in [6, 6.07) is 5.86. The van der Waals surface area contributed by atoms with Gasteiger partial charge in [-0.05, 0) is 62.5 Å². The molecule has 1 saturated heterocycles. The van der Waals surface area contributed by atoms with E-state index in [0.29, 0.717) is 18.0 Å². The van der Waals surface area contributed by atoms with Crippen LogP contribution in [0.25, 0.3) is 0 Å². The maximum atomic E-state index is 12.7. The van der Waals surface area contributed by atoms with Gasteiger partial charge in [-0.25, -0.2) is 4.39 Å². The quantitative estimate of drug-likeness (QED) is 0.893. The number of benzene rings is 1. The second kappa shape index (κ2) is 8.12. The maximum Gasteiger partial charge on any atom is 0.224 e. The number of hydrogen-bond donors (Lipinski definition) is 2. The largest absolute Gasteiger partial charge is 0.326 e. The zero-order valence-corrected chi connectivity index (χ0v) is 11.6. The second-order valence-electron chi connectivity index (χ2n) is 4.79. The summed E-state index contributed by atoms with van der Waals surface area (Å²) in [5, 5.41) is 6.10. The topological polar surface area (TPSA) is 41.1 Å². The fraction of sp³-hybridized carbons (Fsp3) is 0.500. The van der Waals surface area contributed by atoms with E-state index in [1.807, 2.05) is 0 Å². The third kappa shape index (κ3) is 5.57. The summed E-state index contributed by atoms with van der Waals surface area (Å²) in [4.78, 5) is 11.7. The highest BCUT2D eigenvalue weighted by Crippen LogP contribution is 2.18. The minimum Gasteiger partial charge on any atom is -0.326 e. The van der Waals surface area contributed by atoms with Gasteiger partial charge < -0.3 is 10.6 Å². The zero-order valence-electron chi connectivity index (χ0n) is 10.8. The van der Waals surface area contributed by atoms with Gasteiger partial charge >= 0.3 is 0 Å². The van der Waals surface area contributed by atoms with E-state index in [4.69, 9.17) is 0 Å². The summed E-state index contributed by atoms with van der Waals surface area (Å²) in [7, 11) is 0. The lowest BCUT2D eigenvalue weighted by Crippen LogP contribution is -2.28. The first-order valence-electron chi connectivity index (χ1n) is 6.50. The average Bonchev–Trinajstić information content (AvgIpc) is 2.40. The van der Waals surface area contributed by atoms with Crippen molar-refractivity contribution in [3.8, 4) is 0 Å². The highest BCUT2D eigenvalue weighted by molar-refractivity contribution is 5.90. The SMILES string of the molecule is Cl.O=C(CCC1CCNCC1)Nc1ccc(F)cc1. The van der Waals surface area contributed by atoms with Gasteiger partial charge in [0.1, 0.15) is 5.82 Å². The van der Waals surface area contributed by atoms with Crippen LogP contribution >= 0.6 is 12.4 Å². The van der Waals surface area contributed by atoms with E-state index in [1.165, 1.54) is 12.1 Å². The Balaban J connectivity index is 0.00000180. The molecule has 3 nitrogen and oxygen atoms in total. The molecule has 0 radical (unpaired) electrons. The van der Waals surface area contributed by atoms with E-state index >= 15 is 0 Å². The lowest BCUT2D eigenvalue weighted by molar-refractivity contribution is -0.116. The summed E-state index contributed by atoms with van der Waals surface area (Å²) in [5.41, 5.74) is 0.659. The van der Waals surface area contributed by atoms with Crippen molar-refractivity contribution in [1.29, 1.82) is 0 Å². The van der Waals surface area contributed by atoms with Gasteiger partial charge in [-0.3, -0.25) is 4.79 Å². The van der Waals surface area contributed by atoms with Crippen molar-refractivity contribution >= 4 is 24.0 Å². The third-order valence-electron chi connectivity index (χ3n) is 3.37. The minimum absolute atomic E-state index is 0. The fourth-order valence-electron chi connectivity index (χ4n) is 2.26. The van der Waals surface area contributed by atoms with Gasteiger partial charge in [-0.1, -0.05) is 0 Å². The zero-order chi connectivity index (χ0) is 12.8. The summed E-state index contributed by atoms with van der Waals surface area (Å²) in [6.07, 6.45) is 3.80. The van der Waals surface area contributed by atoms with Gasteiger partial charge in [-0.15, -0.1) is 12.4 Å². The van der Waals surface area contributed by atoms with Crippen molar-refractivity contribution in [2.75, 3.05) is 18.4 Å². The number of nitrogens with one attached hydrogen (secondary N) is 2. The predicted octanol–water partition coefficient (Wildman–Crippen LogP) is 2.97. The Morgan fingerprint density at radius 2 is 1.89 bits per heavy atom. The van der Waals surface area contributed by atoms with E-state index in [-0.39, 0.29) is 24.1 Å². The molecule has 0 bridgehead atoms. The van der Waals surface area contributed by atoms with E-state index in [0.717, 1.165) is 32.4 Å². The molecule has 0 aliphatic carbocycles. The third-order valence-corrected chi connectivity index (χ3v) is 3.37. The molecule has 0 unspecified atom stereocenters. The van der Waals surface area contributed by atoms with Crippen molar-refractivity contribution in [2.45, 2.75) is 25.7 Å². The summed E-state index contributed by atoms with van der Waals surface area (Å²) < 4.78 is 12.7. The van der Waals surface area contributed by atoms with Crippen LogP contribution in [0.1, 0.15) is 25.7 Å². The van der Waals surface area contributed by atoms with E-state index in [9.17, 15) is 9.18 Å². The maximum absolute atomic E-state index is 12.7. The number of anilines is 1. The van der Waals surface area contributed by atoms with Crippen LogP contribution in [0.2, 0.25) is 0 Å². The molecule has 1 amide bonds. The Labute approximate surface area is 119 Å². The molecule has 106 valence electrons. The Morgan fingerprint density at radius 3 is 2.53 bits per heavy atom. The van der Waals surface area contributed by atoms with Crippen LogP contribution in [0.15, 0.2) is 24.3 Å². The van der Waals surface area contributed by atoms with Crippen LogP contribution in [0, 0.1) is 11.7 Å². The lowest BCUT2D eigenvalue weighted by Gasteiger charge is -2.22. The van der Waals surface area contributed by atoms with E-state index in [2.05, 4.69) is 10.6 Å². The molecular formula is C14H20ClFN2O. The predicted molar refractivity (Wildman–Crippen MR) is 77.1 cm³/mol. The Kier molecular flexibility index (Phi) is 6.81. The Morgan fingerprint density at radius 1 is 1.26 bits per heavy atom. The van der Waals surface area contributed by atoms with Gasteiger partial charge in [0.25, 0.3) is 0 Å². The van der Waals surface area contributed by atoms with Crippen LogP contribution in [0.5, 0.6) is 0 Å².